The molecule has 0 radical (unpaired) electrons. The first-order valence-corrected chi connectivity index (χ1v) is 10.6. The monoisotopic (exact) mass is 452 g/mol. The summed E-state index contributed by atoms with van der Waals surface area (Å²) in [6.07, 6.45) is 0.377. The van der Waals surface area contributed by atoms with Crippen molar-refractivity contribution in [3.63, 3.8) is 0 Å². The van der Waals surface area contributed by atoms with Crippen molar-refractivity contribution in [1.82, 2.24) is 4.98 Å². The van der Waals surface area contributed by atoms with Crippen molar-refractivity contribution in [3.8, 4) is 6.07 Å². The number of carbonyl (C=O) groups excluding carboxylic acids is 1. The highest BCUT2D eigenvalue weighted by Crippen LogP contribution is 2.44. The highest BCUT2D eigenvalue weighted by Gasteiger charge is 2.41. The minimum absolute atomic E-state index is 0.109. The predicted octanol–water partition coefficient (Wildman–Crippen LogP) is 4.80. The first-order valence-electron chi connectivity index (χ1n) is 10.6. The molecule has 1 aromatic heterocycles. The van der Waals surface area contributed by atoms with Crippen LogP contribution >= 0.6 is 0 Å². The number of nitriles is 1. The first-order chi connectivity index (χ1) is 15.8. The van der Waals surface area contributed by atoms with Gasteiger partial charge in [0, 0.05) is 34.9 Å². The Morgan fingerprint density at radius 3 is 2.42 bits per heavy atom. The second kappa shape index (κ2) is 7.66. The molecule has 0 saturated carbocycles. The number of fused-ring (bicyclic) bond motifs is 3. The molecule has 2 bridgehead atoms. The van der Waals surface area contributed by atoms with Crippen LogP contribution in [0.15, 0.2) is 47.4 Å². The van der Waals surface area contributed by atoms with Crippen molar-refractivity contribution in [1.29, 1.82) is 5.26 Å². The summed E-state index contributed by atoms with van der Waals surface area (Å²) in [6, 6.07) is 10.7. The summed E-state index contributed by atoms with van der Waals surface area (Å²) in [4.78, 5) is 30.4. The van der Waals surface area contributed by atoms with Crippen LogP contribution in [0.1, 0.15) is 47.2 Å². The quantitative estimate of drug-likeness (QED) is 0.597. The van der Waals surface area contributed by atoms with Crippen LogP contribution in [0, 0.1) is 11.3 Å². The third-order valence-electron chi connectivity index (χ3n) is 6.56. The Morgan fingerprint density at radius 2 is 1.79 bits per heavy atom. The fraction of sp³-hybridized carbons (Fsp3) is 0.292. The van der Waals surface area contributed by atoms with Gasteiger partial charge < -0.3 is 15.2 Å². The molecule has 5 rings (SSSR count). The molecule has 6 nitrogen and oxygen atoms in total. The van der Waals surface area contributed by atoms with E-state index in [0.717, 1.165) is 37.9 Å². The second-order valence-electron chi connectivity index (χ2n) is 8.46. The molecule has 3 heterocycles. The fourth-order valence-corrected chi connectivity index (χ4v) is 5.02. The van der Waals surface area contributed by atoms with Gasteiger partial charge in [0.2, 0.25) is 5.43 Å². The van der Waals surface area contributed by atoms with Gasteiger partial charge >= 0.3 is 6.18 Å². The summed E-state index contributed by atoms with van der Waals surface area (Å²) in [5.74, 6) is -0.958. The summed E-state index contributed by atoms with van der Waals surface area (Å²) in [7, 11) is 0. The standard InChI is InChI=1S/C24H19F3N4O2/c25-24(26,27)19-10-16(31-14-2-3-15(31)5-4-14)6-8-21(19)30-23(33)18-12-29-20-7-1-13(11-28)9-17(20)22(18)32/h1,6-10,12,14-15H,2-5H2,(H,29,32)(H,30,33). The van der Waals surface area contributed by atoms with E-state index >= 15 is 0 Å². The number of rotatable bonds is 3. The number of anilines is 2. The van der Waals surface area contributed by atoms with E-state index in [-0.39, 0.29) is 28.6 Å². The zero-order chi connectivity index (χ0) is 23.3. The van der Waals surface area contributed by atoms with Crippen LogP contribution in [-0.4, -0.2) is 23.0 Å². The Morgan fingerprint density at radius 1 is 1.09 bits per heavy atom. The van der Waals surface area contributed by atoms with Gasteiger partial charge in [-0.25, -0.2) is 0 Å². The Labute approximate surface area is 186 Å². The number of aromatic nitrogens is 1. The maximum absolute atomic E-state index is 13.9. The molecule has 9 heteroatoms. The Balaban J connectivity index is 1.50. The smallest absolute Gasteiger partial charge is 0.366 e. The third kappa shape index (κ3) is 3.61. The molecule has 3 aromatic rings. The molecule has 2 fully saturated rings. The molecule has 1 amide bonds. The lowest BCUT2D eigenvalue weighted by atomic mass is 10.0. The zero-order valence-electron chi connectivity index (χ0n) is 17.4. The zero-order valence-corrected chi connectivity index (χ0v) is 17.4. The van der Waals surface area contributed by atoms with Gasteiger partial charge in [0.05, 0.1) is 22.9 Å². The molecule has 0 spiro atoms. The lowest BCUT2D eigenvalue weighted by Gasteiger charge is -2.26. The normalized spacial score (nSPS) is 19.6. The van der Waals surface area contributed by atoms with Crippen LogP contribution in [0.25, 0.3) is 10.9 Å². The largest absolute Gasteiger partial charge is 0.418 e. The molecule has 2 N–H and O–H groups in total. The number of aromatic amines is 1. The van der Waals surface area contributed by atoms with Crippen molar-refractivity contribution < 1.29 is 18.0 Å². The van der Waals surface area contributed by atoms with E-state index in [0.29, 0.717) is 11.2 Å². The van der Waals surface area contributed by atoms with Gasteiger partial charge in [0.15, 0.2) is 0 Å². The third-order valence-corrected chi connectivity index (χ3v) is 6.56. The summed E-state index contributed by atoms with van der Waals surface area (Å²) >= 11 is 0. The van der Waals surface area contributed by atoms with E-state index in [1.54, 1.807) is 6.07 Å². The second-order valence-corrected chi connectivity index (χ2v) is 8.46. The number of hydrogen-bond acceptors (Lipinski definition) is 4. The molecule has 168 valence electrons. The van der Waals surface area contributed by atoms with Crippen LogP contribution < -0.4 is 15.6 Å². The lowest BCUT2D eigenvalue weighted by Crippen LogP contribution is -2.28. The summed E-state index contributed by atoms with van der Waals surface area (Å²) in [5, 5.41) is 11.4. The van der Waals surface area contributed by atoms with Crippen LogP contribution in [0.5, 0.6) is 0 Å². The Bertz CT molecular complexity index is 1350. The minimum Gasteiger partial charge on any atom is -0.366 e. The van der Waals surface area contributed by atoms with Gasteiger partial charge in [-0.15, -0.1) is 0 Å². The topological polar surface area (TPSA) is 89.0 Å². The average molecular weight is 452 g/mol. The van der Waals surface area contributed by atoms with Crippen molar-refractivity contribution >= 4 is 28.2 Å². The molecule has 33 heavy (non-hydrogen) atoms. The van der Waals surface area contributed by atoms with E-state index in [2.05, 4.69) is 15.2 Å². The Hall–Kier alpha value is -3.80. The van der Waals surface area contributed by atoms with Crippen molar-refractivity contribution in [3.05, 3.63) is 69.5 Å². The van der Waals surface area contributed by atoms with Gasteiger partial charge in [-0.05, 0) is 62.1 Å². The van der Waals surface area contributed by atoms with E-state index < -0.39 is 28.8 Å². The Kier molecular flexibility index (Phi) is 4.89. The number of amides is 1. The number of hydrogen-bond donors (Lipinski definition) is 2. The number of nitrogens with one attached hydrogen (secondary N) is 2. The fourth-order valence-electron chi connectivity index (χ4n) is 5.02. The molecule has 0 atom stereocenters. The number of benzene rings is 2. The van der Waals surface area contributed by atoms with Gasteiger partial charge in [-0.1, -0.05) is 0 Å². The number of halogens is 3. The van der Waals surface area contributed by atoms with Gasteiger partial charge in [-0.3, -0.25) is 9.59 Å². The van der Waals surface area contributed by atoms with Gasteiger partial charge in [0.1, 0.15) is 5.56 Å². The van der Waals surface area contributed by atoms with Gasteiger partial charge in [-0.2, -0.15) is 18.4 Å². The summed E-state index contributed by atoms with van der Waals surface area (Å²) in [6.45, 7) is 0. The maximum atomic E-state index is 13.9. The molecule has 0 aliphatic carbocycles. The number of carbonyl (C=O) groups is 1. The molecule has 2 saturated heterocycles. The number of nitrogens with zero attached hydrogens (tertiary/aromatic N) is 2. The van der Waals surface area contributed by atoms with E-state index in [1.165, 1.54) is 24.3 Å². The number of alkyl halides is 3. The van der Waals surface area contributed by atoms with Crippen LogP contribution in [0.4, 0.5) is 24.5 Å². The maximum Gasteiger partial charge on any atom is 0.418 e. The van der Waals surface area contributed by atoms with Gasteiger partial charge in [0.25, 0.3) is 5.91 Å². The molecular weight excluding hydrogens is 433 g/mol. The molecule has 2 aliphatic heterocycles. The van der Waals surface area contributed by atoms with E-state index in [4.69, 9.17) is 5.26 Å². The van der Waals surface area contributed by atoms with E-state index in [1.807, 2.05) is 6.07 Å². The van der Waals surface area contributed by atoms with Crippen molar-refractivity contribution in [2.24, 2.45) is 0 Å². The summed E-state index contributed by atoms with van der Waals surface area (Å²) in [5.41, 5.74) is -1.23. The summed E-state index contributed by atoms with van der Waals surface area (Å²) < 4.78 is 41.6. The van der Waals surface area contributed by atoms with Crippen molar-refractivity contribution in [2.75, 3.05) is 10.2 Å². The predicted molar refractivity (Wildman–Crippen MR) is 117 cm³/mol. The van der Waals surface area contributed by atoms with Crippen LogP contribution in [0.3, 0.4) is 0 Å². The molecule has 2 aromatic carbocycles. The first kappa shape index (κ1) is 21.1. The highest BCUT2D eigenvalue weighted by atomic mass is 19.4. The molecular formula is C24H19F3N4O2. The van der Waals surface area contributed by atoms with Crippen molar-refractivity contribution in [2.45, 2.75) is 43.9 Å². The van der Waals surface area contributed by atoms with Crippen LogP contribution in [0.2, 0.25) is 0 Å². The number of pyridine rings is 1. The van der Waals surface area contributed by atoms with E-state index in [9.17, 15) is 22.8 Å². The van der Waals surface area contributed by atoms with Crippen LogP contribution in [-0.2, 0) is 6.18 Å². The lowest BCUT2D eigenvalue weighted by molar-refractivity contribution is -0.136. The average Bonchev–Trinajstić information content (AvgIpc) is 3.39. The highest BCUT2D eigenvalue weighted by molar-refractivity contribution is 6.06. The number of H-pyrrole nitrogens is 1. The molecule has 2 aliphatic rings. The minimum atomic E-state index is -4.69. The SMILES string of the molecule is N#Cc1ccc2[nH]cc(C(=O)Nc3ccc(N4C5CCC4CC5)cc3C(F)(F)F)c(=O)c2c1. The molecule has 0 unspecified atom stereocenters.